The minimum Gasteiger partial charge on any atom is -0.497 e. The molecular weight excluding hydrogens is 196 g/mol. The maximum atomic E-state index is 5.13. The third-order valence-corrected chi connectivity index (χ3v) is 1.88. The Balaban J connectivity index is 2.35. The highest BCUT2D eigenvalue weighted by molar-refractivity contribution is 5.57. The lowest BCUT2D eigenvalue weighted by molar-refractivity contribution is 0.414. The van der Waals surface area contributed by atoms with Crippen LogP contribution in [0.25, 0.3) is 11.4 Å². The Morgan fingerprint density at radius 2 is 2.33 bits per heavy atom. The number of nitrogens with zero attached hydrogens (tertiary/aromatic N) is 2. The number of benzene rings is 1. The molecule has 0 bridgehead atoms. The number of nitrogens with two attached hydrogens (primary N) is 1. The van der Waals surface area contributed by atoms with E-state index in [9.17, 15) is 0 Å². The molecule has 3 N–H and O–H groups in total. The summed E-state index contributed by atoms with van der Waals surface area (Å²) >= 11 is 0. The highest BCUT2D eigenvalue weighted by Gasteiger charge is 2.07. The van der Waals surface area contributed by atoms with Crippen molar-refractivity contribution in [3.05, 3.63) is 24.3 Å². The van der Waals surface area contributed by atoms with Gasteiger partial charge in [-0.2, -0.15) is 4.98 Å². The molecule has 0 amide bonds. The Bertz CT molecular complexity index is 455. The lowest BCUT2D eigenvalue weighted by Gasteiger charge is -1.99. The van der Waals surface area contributed by atoms with E-state index in [1.807, 2.05) is 24.3 Å². The molecule has 2 aromatic rings. The van der Waals surface area contributed by atoms with E-state index in [4.69, 9.17) is 15.1 Å². The average molecular weight is 206 g/mol. The Hall–Kier alpha value is -2.08. The zero-order valence-corrected chi connectivity index (χ0v) is 8.10. The van der Waals surface area contributed by atoms with Gasteiger partial charge in [0.25, 0.3) is 0 Å². The van der Waals surface area contributed by atoms with Gasteiger partial charge in [0, 0.05) is 5.56 Å². The molecule has 15 heavy (non-hydrogen) atoms. The first-order valence-corrected chi connectivity index (χ1v) is 4.28. The second-order valence-corrected chi connectivity index (χ2v) is 2.80. The third-order valence-electron chi connectivity index (χ3n) is 1.88. The molecule has 0 atom stereocenters. The minimum absolute atomic E-state index is 0.174. The van der Waals surface area contributed by atoms with Crippen molar-refractivity contribution in [2.24, 2.45) is 5.84 Å². The van der Waals surface area contributed by atoms with Crippen molar-refractivity contribution in [1.82, 2.24) is 10.1 Å². The number of hydrogen-bond donors (Lipinski definition) is 2. The second kappa shape index (κ2) is 3.97. The van der Waals surface area contributed by atoms with Crippen LogP contribution in [-0.4, -0.2) is 17.3 Å². The van der Waals surface area contributed by atoms with E-state index in [2.05, 4.69) is 15.6 Å². The van der Waals surface area contributed by atoms with E-state index in [1.54, 1.807) is 7.11 Å². The number of nitrogen functional groups attached to an aromatic ring is 1. The zero-order valence-electron chi connectivity index (χ0n) is 8.10. The predicted octanol–water partition coefficient (Wildman–Crippen LogP) is 1.03. The highest BCUT2D eigenvalue weighted by atomic mass is 16.5. The molecule has 0 spiro atoms. The molecule has 0 radical (unpaired) electrons. The van der Waals surface area contributed by atoms with Gasteiger partial charge in [-0.15, -0.1) is 0 Å². The number of hydrazine groups is 1. The standard InChI is InChI=1S/C9H10N4O2/c1-14-7-4-2-3-6(5-7)8-11-9(12-10)15-13-8/h2-5H,10H2,1H3,(H,11,12,13). The van der Waals surface area contributed by atoms with Crippen LogP contribution in [-0.2, 0) is 0 Å². The van der Waals surface area contributed by atoms with Gasteiger partial charge in [0.05, 0.1) is 7.11 Å². The van der Waals surface area contributed by atoms with E-state index in [1.165, 1.54) is 0 Å². The van der Waals surface area contributed by atoms with E-state index in [0.29, 0.717) is 5.82 Å². The molecule has 1 aromatic carbocycles. The monoisotopic (exact) mass is 206 g/mol. The molecule has 0 aliphatic carbocycles. The van der Waals surface area contributed by atoms with Gasteiger partial charge < -0.3 is 9.26 Å². The van der Waals surface area contributed by atoms with E-state index >= 15 is 0 Å². The summed E-state index contributed by atoms with van der Waals surface area (Å²) in [6, 6.07) is 7.53. The fourth-order valence-corrected chi connectivity index (χ4v) is 1.16. The predicted molar refractivity (Wildman–Crippen MR) is 54.1 cm³/mol. The van der Waals surface area contributed by atoms with E-state index in [-0.39, 0.29) is 6.01 Å². The first-order valence-electron chi connectivity index (χ1n) is 4.28. The summed E-state index contributed by atoms with van der Waals surface area (Å²) in [5.74, 6) is 6.32. The normalized spacial score (nSPS) is 10.0. The maximum absolute atomic E-state index is 5.13. The minimum atomic E-state index is 0.174. The van der Waals surface area contributed by atoms with Gasteiger partial charge in [-0.25, -0.2) is 5.84 Å². The summed E-state index contributed by atoms with van der Waals surface area (Å²) in [7, 11) is 1.60. The van der Waals surface area contributed by atoms with E-state index < -0.39 is 0 Å². The number of rotatable bonds is 3. The summed E-state index contributed by atoms with van der Waals surface area (Å²) in [6.45, 7) is 0. The van der Waals surface area contributed by atoms with Crippen molar-refractivity contribution >= 4 is 6.01 Å². The van der Waals surface area contributed by atoms with Crippen LogP contribution in [0, 0.1) is 0 Å². The van der Waals surface area contributed by atoms with Crippen molar-refractivity contribution in [3.63, 3.8) is 0 Å². The molecule has 2 rings (SSSR count). The van der Waals surface area contributed by atoms with Crippen molar-refractivity contribution in [2.45, 2.75) is 0 Å². The molecule has 1 aromatic heterocycles. The Labute approximate surface area is 86.0 Å². The number of aromatic nitrogens is 2. The van der Waals surface area contributed by atoms with Gasteiger partial charge in [-0.3, -0.25) is 5.43 Å². The number of ether oxygens (including phenoxy) is 1. The molecule has 1 heterocycles. The van der Waals surface area contributed by atoms with Crippen LogP contribution in [0.15, 0.2) is 28.8 Å². The molecular formula is C9H10N4O2. The number of anilines is 1. The molecule has 0 aliphatic rings. The molecule has 0 aliphatic heterocycles. The Kier molecular flexibility index (Phi) is 2.51. The van der Waals surface area contributed by atoms with Gasteiger partial charge in [0.2, 0.25) is 5.82 Å². The first kappa shape index (κ1) is 9.47. The fourth-order valence-electron chi connectivity index (χ4n) is 1.16. The molecule has 0 fully saturated rings. The topological polar surface area (TPSA) is 86.2 Å². The van der Waals surface area contributed by atoms with Gasteiger partial charge in [0.15, 0.2) is 0 Å². The second-order valence-electron chi connectivity index (χ2n) is 2.80. The lowest BCUT2D eigenvalue weighted by Crippen LogP contribution is -2.06. The zero-order chi connectivity index (χ0) is 10.7. The van der Waals surface area contributed by atoms with Gasteiger partial charge in [-0.1, -0.05) is 17.3 Å². The molecule has 0 unspecified atom stereocenters. The van der Waals surface area contributed by atoms with Gasteiger partial charge in [0.1, 0.15) is 5.75 Å². The lowest BCUT2D eigenvalue weighted by atomic mass is 10.2. The summed E-state index contributed by atoms with van der Waals surface area (Å²) in [6.07, 6.45) is 0. The maximum Gasteiger partial charge on any atom is 0.335 e. The van der Waals surface area contributed by atoms with Crippen molar-refractivity contribution in [3.8, 4) is 17.1 Å². The Morgan fingerprint density at radius 3 is 3.00 bits per heavy atom. The largest absolute Gasteiger partial charge is 0.497 e. The number of methoxy groups -OCH3 is 1. The van der Waals surface area contributed by atoms with Crippen LogP contribution in [0.1, 0.15) is 0 Å². The molecule has 78 valence electrons. The fraction of sp³-hybridized carbons (Fsp3) is 0.111. The number of nitrogens with one attached hydrogen (secondary N) is 1. The smallest absolute Gasteiger partial charge is 0.335 e. The molecule has 0 saturated carbocycles. The van der Waals surface area contributed by atoms with Crippen LogP contribution in [0.5, 0.6) is 5.75 Å². The average Bonchev–Trinajstić information content (AvgIpc) is 2.78. The van der Waals surface area contributed by atoms with Crippen LogP contribution in [0.4, 0.5) is 6.01 Å². The SMILES string of the molecule is COc1cccc(-c2noc(NN)n2)c1. The van der Waals surface area contributed by atoms with E-state index in [0.717, 1.165) is 11.3 Å². The molecule has 6 nitrogen and oxygen atoms in total. The summed E-state index contributed by atoms with van der Waals surface area (Å²) in [4.78, 5) is 4.00. The third kappa shape index (κ3) is 1.89. The van der Waals surface area contributed by atoms with Crippen molar-refractivity contribution < 1.29 is 9.26 Å². The van der Waals surface area contributed by atoms with Crippen molar-refractivity contribution in [2.75, 3.05) is 12.5 Å². The van der Waals surface area contributed by atoms with Crippen LogP contribution < -0.4 is 16.0 Å². The molecule has 6 heteroatoms. The molecule has 0 saturated heterocycles. The Morgan fingerprint density at radius 1 is 1.47 bits per heavy atom. The van der Waals surface area contributed by atoms with Crippen LogP contribution in [0.2, 0.25) is 0 Å². The summed E-state index contributed by atoms with van der Waals surface area (Å²) in [5, 5.41) is 3.75. The number of hydrogen-bond acceptors (Lipinski definition) is 6. The summed E-state index contributed by atoms with van der Waals surface area (Å²) < 4.78 is 9.89. The van der Waals surface area contributed by atoms with Crippen LogP contribution >= 0.6 is 0 Å². The quantitative estimate of drug-likeness (QED) is 0.576. The van der Waals surface area contributed by atoms with Gasteiger partial charge >= 0.3 is 6.01 Å². The van der Waals surface area contributed by atoms with Gasteiger partial charge in [-0.05, 0) is 12.1 Å². The van der Waals surface area contributed by atoms with Crippen LogP contribution in [0.3, 0.4) is 0 Å². The summed E-state index contributed by atoms with van der Waals surface area (Å²) in [5.41, 5.74) is 3.08. The van der Waals surface area contributed by atoms with Crippen molar-refractivity contribution in [1.29, 1.82) is 0 Å². The first-order chi connectivity index (χ1) is 7.33. The highest BCUT2D eigenvalue weighted by Crippen LogP contribution is 2.21.